The first kappa shape index (κ1) is 15.7. The quantitative estimate of drug-likeness (QED) is 0.588. The summed E-state index contributed by atoms with van der Waals surface area (Å²) in [5.74, 6) is -0.989. The van der Waals surface area contributed by atoms with Crippen molar-refractivity contribution in [2.24, 2.45) is 0 Å². The molecule has 118 valence electrons. The maximum atomic E-state index is 12.1. The molecule has 1 aromatic rings. The molecular weight excluding hydrogens is 290 g/mol. The van der Waals surface area contributed by atoms with Gasteiger partial charge in [-0.25, -0.2) is 4.79 Å². The van der Waals surface area contributed by atoms with Crippen LogP contribution in [0.15, 0.2) is 24.3 Å². The van der Waals surface area contributed by atoms with Crippen LogP contribution in [0.3, 0.4) is 0 Å². The van der Waals surface area contributed by atoms with Gasteiger partial charge in [0, 0.05) is 24.2 Å². The number of carboxylic acid groups (broad SMARTS) is 1. The number of hydrogen-bond donors (Lipinski definition) is 2. The van der Waals surface area contributed by atoms with Gasteiger partial charge in [-0.05, 0) is 12.8 Å². The minimum absolute atomic E-state index is 0.0218. The third-order valence-electron chi connectivity index (χ3n) is 3.39. The Morgan fingerprint density at radius 1 is 1.36 bits per heavy atom. The fraction of sp³-hybridized carbons (Fsp3) is 0.429. The van der Waals surface area contributed by atoms with Gasteiger partial charge in [0.2, 0.25) is 0 Å². The number of amides is 2. The summed E-state index contributed by atoms with van der Waals surface area (Å²) in [5, 5.41) is 22.1. The Bertz CT molecular complexity index is 586. The molecule has 22 heavy (non-hydrogen) atoms. The first-order valence-corrected chi connectivity index (χ1v) is 6.97. The van der Waals surface area contributed by atoms with Crippen LogP contribution >= 0.6 is 0 Å². The lowest BCUT2D eigenvalue weighted by molar-refractivity contribution is -0.385. The van der Waals surface area contributed by atoms with E-state index in [9.17, 15) is 19.7 Å². The summed E-state index contributed by atoms with van der Waals surface area (Å²) in [7, 11) is 0. The van der Waals surface area contributed by atoms with Crippen molar-refractivity contribution in [3.8, 4) is 0 Å². The number of aliphatic carboxylic acids is 1. The number of carbonyl (C=O) groups is 2. The molecule has 1 saturated carbocycles. The van der Waals surface area contributed by atoms with Gasteiger partial charge in [0.05, 0.1) is 17.9 Å². The van der Waals surface area contributed by atoms with Gasteiger partial charge in [0.25, 0.3) is 5.69 Å². The third kappa shape index (κ3) is 4.18. The normalized spacial score (nSPS) is 13.5. The SMILES string of the molecule is O=C(O)CCNC(=O)N(Cc1ccccc1[N+](=O)[O-])C1CC1. The van der Waals surface area contributed by atoms with Crippen LogP contribution in [0.5, 0.6) is 0 Å². The fourth-order valence-electron chi connectivity index (χ4n) is 2.14. The zero-order chi connectivity index (χ0) is 16.1. The van der Waals surface area contributed by atoms with Gasteiger partial charge >= 0.3 is 12.0 Å². The fourth-order valence-corrected chi connectivity index (χ4v) is 2.14. The zero-order valence-electron chi connectivity index (χ0n) is 11.9. The molecule has 1 aliphatic carbocycles. The number of carboxylic acids is 1. The Morgan fingerprint density at radius 3 is 2.64 bits per heavy atom. The van der Waals surface area contributed by atoms with Gasteiger partial charge < -0.3 is 15.3 Å². The molecule has 8 heteroatoms. The molecule has 1 fully saturated rings. The minimum atomic E-state index is -0.989. The number of rotatable bonds is 7. The first-order chi connectivity index (χ1) is 10.5. The monoisotopic (exact) mass is 307 g/mol. The summed E-state index contributed by atoms with van der Waals surface area (Å²) in [6.07, 6.45) is 1.55. The lowest BCUT2D eigenvalue weighted by atomic mass is 10.1. The van der Waals surface area contributed by atoms with E-state index >= 15 is 0 Å². The summed E-state index contributed by atoms with van der Waals surface area (Å²) in [6, 6.07) is 5.97. The van der Waals surface area contributed by atoms with E-state index in [0.29, 0.717) is 5.56 Å². The van der Waals surface area contributed by atoms with Gasteiger partial charge in [-0.3, -0.25) is 14.9 Å². The van der Waals surface area contributed by atoms with Gasteiger partial charge in [-0.15, -0.1) is 0 Å². The van der Waals surface area contributed by atoms with Crippen LogP contribution in [0.1, 0.15) is 24.8 Å². The van der Waals surface area contributed by atoms with Gasteiger partial charge in [0.1, 0.15) is 0 Å². The van der Waals surface area contributed by atoms with Crippen molar-refractivity contribution in [1.29, 1.82) is 0 Å². The number of nitrogens with zero attached hydrogens (tertiary/aromatic N) is 2. The van der Waals surface area contributed by atoms with E-state index in [1.165, 1.54) is 11.0 Å². The van der Waals surface area contributed by atoms with E-state index < -0.39 is 10.9 Å². The number of benzene rings is 1. The van der Waals surface area contributed by atoms with E-state index in [-0.39, 0.29) is 37.3 Å². The lowest BCUT2D eigenvalue weighted by Crippen LogP contribution is -2.41. The Kier molecular flexibility index (Phi) is 4.92. The zero-order valence-corrected chi connectivity index (χ0v) is 11.9. The maximum Gasteiger partial charge on any atom is 0.317 e. The molecule has 0 radical (unpaired) electrons. The summed E-state index contributed by atoms with van der Waals surface area (Å²) in [5.41, 5.74) is 0.444. The van der Waals surface area contributed by atoms with Crippen molar-refractivity contribution in [2.75, 3.05) is 6.54 Å². The number of nitro groups is 1. The lowest BCUT2D eigenvalue weighted by Gasteiger charge is -2.22. The summed E-state index contributed by atoms with van der Waals surface area (Å²) >= 11 is 0. The molecule has 0 spiro atoms. The highest BCUT2D eigenvalue weighted by atomic mass is 16.6. The van der Waals surface area contributed by atoms with E-state index in [0.717, 1.165) is 12.8 Å². The summed E-state index contributed by atoms with van der Waals surface area (Å²) in [6.45, 7) is 0.176. The number of nitrogens with one attached hydrogen (secondary N) is 1. The van der Waals surface area contributed by atoms with Crippen LogP contribution in [-0.2, 0) is 11.3 Å². The van der Waals surface area contributed by atoms with Crippen LogP contribution < -0.4 is 5.32 Å². The standard InChI is InChI=1S/C14H17N3O5/c18-13(19)7-8-15-14(20)16(11-5-6-11)9-10-3-1-2-4-12(10)17(21)22/h1-4,11H,5-9H2,(H,15,20)(H,18,19). The number of nitro benzene ring substituents is 1. The first-order valence-electron chi connectivity index (χ1n) is 6.97. The second-order valence-corrected chi connectivity index (χ2v) is 5.12. The van der Waals surface area contributed by atoms with Crippen molar-refractivity contribution < 1.29 is 19.6 Å². The molecule has 0 aliphatic heterocycles. The highest BCUT2D eigenvalue weighted by Gasteiger charge is 2.33. The van der Waals surface area contributed by atoms with Crippen molar-refractivity contribution in [1.82, 2.24) is 10.2 Å². The molecule has 1 aromatic carbocycles. The number of carbonyl (C=O) groups excluding carboxylic acids is 1. The smallest absolute Gasteiger partial charge is 0.317 e. The molecule has 8 nitrogen and oxygen atoms in total. The molecule has 0 aromatic heterocycles. The summed E-state index contributed by atoms with van der Waals surface area (Å²) in [4.78, 5) is 34.7. The number of urea groups is 1. The highest BCUT2D eigenvalue weighted by molar-refractivity contribution is 5.76. The Morgan fingerprint density at radius 2 is 2.05 bits per heavy atom. The van der Waals surface area contributed by atoms with E-state index in [2.05, 4.69) is 5.32 Å². The maximum absolute atomic E-state index is 12.1. The van der Waals surface area contributed by atoms with Crippen molar-refractivity contribution >= 4 is 17.7 Å². The van der Waals surface area contributed by atoms with Gasteiger partial charge in [-0.1, -0.05) is 18.2 Å². The Labute approximate surface area is 126 Å². The largest absolute Gasteiger partial charge is 0.481 e. The molecule has 2 rings (SSSR count). The van der Waals surface area contributed by atoms with Gasteiger partial charge in [-0.2, -0.15) is 0 Å². The third-order valence-corrected chi connectivity index (χ3v) is 3.39. The van der Waals surface area contributed by atoms with Crippen LogP contribution in [-0.4, -0.2) is 39.5 Å². The highest BCUT2D eigenvalue weighted by Crippen LogP contribution is 2.30. The van der Waals surface area contributed by atoms with E-state index in [4.69, 9.17) is 5.11 Å². The summed E-state index contributed by atoms with van der Waals surface area (Å²) < 4.78 is 0. The van der Waals surface area contributed by atoms with Crippen LogP contribution in [0.25, 0.3) is 0 Å². The topological polar surface area (TPSA) is 113 Å². The number of hydrogen-bond acceptors (Lipinski definition) is 4. The molecule has 1 aliphatic rings. The van der Waals surface area contributed by atoms with Crippen LogP contribution in [0.4, 0.5) is 10.5 Å². The molecule has 2 amide bonds. The Hall–Kier alpha value is -2.64. The average Bonchev–Trinajstić information content (AvgIpc) is 3.29. The predicted molar refractivity (Wildman–Crippen MR) is 77.3 cm³/mol. The second kappa shape index (κ2) is 6.88. The average molecular weight is 307 g/mol. The molecule has 0 heterocycles. The number of para-hydroxylation sites is 1. The van der Waals surface area contributed by atoms with Crippen molar-refractivity contribution in [3.05, 3.63) is 39.9 Å². The van der Waals surface area contributed by atoms with Crippen molar-refractivity contribution in [3.63, 3.8) is 0 Å². The molecule has 0 unspecified atom stereocenters. The van der Waals surface area contributed by atoms with Crippen LogP contribution in [0.2, 0.25) is 0 Å². The molecule has 0 saturated heterocycles. The minimum Gasteiger partial charge on any atom is -0.481 e. The second-order valence-electron chi connectivity index (χ2n) is 5.12. The predicted octanol–water partition coefficient (Wildman–Crippen LogP) is 1.74. The van der Waals surface area contributed by atoms with E-state index in [1.54, 1.807) is 18.2 Å². The molecule has 2 N–H and O–H groups in total. The van der Waals surface area contributed by atoms with Crippen molar-refractivity contribution in [2.45, 2.75) is 31.8 Å². The van der Waals surface area contributed by atoms with E-state index in [1.807, 2.05) is 0 Å². The molecule has 0 atom stereocenters. The van der Waals surface area contributed by atoms with Gasteiger partial charge in [0.15, 0.2) is 0 Å². The molecular formula is C14H17N3O5. The Balaban J connectivity index is 2.05. The van der Waals surface area contributed by atoms with Crippen LogP contribution in [0, 0.1) is 10.1 Å². The molecule has 0 bridgehead atoms.